The number of benzene rings is 2. The highest BCUT2D eigenvalue weighted by molar-refractivity contribution is 7.91. The number of nitrogens with zero attached hydrogens (tertiary/aromatic N) is 2. The number of rotatable bonds is 7. The van der Waals surface area contributed by atoms with Crippen LogP contribution >= 0.6 is 22.9 Å². The first kappa shape index (κ1) is 30.1. The Morgan fingerprint density at radius 1 is 1.21 bits per heavy atom. The quantitative estimate of drug-likeness (QED) is 0.336. The van der Waals surface area contributed by atoms with E-state index in [1.165, 1.54) is 11.3 Å². The van der Waals surface area contributed by atoms with Crippen molar-refractivity contribution in [2.45, 2.75) is 65.6 Å². The fraction of sp³-hybridized carbons (Fsp3) is 0.429. The Labute approximate surface area is 235 Å². The van der Waals surface area contributed by atoms with E-state index in [-0.39, 0.29) is 49.9 Å². The topological polar surface area (TPSA) is 88.6 Å². The van der Waals surface area contributed by atoms with Crippen LogP contribution in [0.25, 0.3) is 0 Å². The normalized spacial score (nSPS) is 18.2. The summed E-state index contributed by atoms with van der Waals surface area (Å²) in [6.45, 7) is 7.31. The van der Waals surface area contributed by atoms with Gasteiger partial charge >= 0.3 is 0 Å². The molecule has 0 saturated heterocycles. The molecule has 0 aliphatic carbocycles. The van der Waals surface area contributed by atoms with Crippen LogP contribution in [0.2, 0.25) is 5.02 Å². The number of hydrogen-bond acceptors (Lipinski definition) is 7. The SMILES string of the molecule is C.C.CCS(=O)(=O)c1ccc(CC(=O)Nc2nc3c(s2)CN([C@H]2COc4cc(Cl)ccc42)[C@H]3C(C)C)cc1. The van der Waals surface area contributed by atoms with Crippen LogP contribution < -0.4 is 10.1 Å². The molecule has 0 radical (unpaired) electrons. The van der Waals surface area contributed by atoms with E-state index in [0.29, 0.717) is 22.7 Å². The predicted octanol–water partition coefficient (Wildman–Crippen LogP) is 6.69. The third kappa shape index (κ3) is 5.76. The summed E-state index contributed by atoms with van der Waals surface area (Å²) in [6, 6.07) is 12.5. The second kappa shape index (κ2) is 11.7. The third-order valence-electron chi connectivity index (χ3n) is 6.73. The summed E-state index contributed by atoms with van der Waals surface area (Å²) in [6.07, 6.45) is 0.148. The Kier molecular flexibility index (Phi) is 9.29. The molecule has 3 aromatic rings. The molecule has 10 heteroatoms. The molecule has 1 amide bonds. The number of thiazole rings is 1. The van der Waals surface area contributed by atoms with E-state index in [0.717, 1.165) is 34.0 Å². The summed E-state index contributed by atoms with van der Waals surface area (Å²) in [5.41, 5.74) is 2.91. The molecule has 1 aromatic heterocycles. The van der Waals surface area contributed by atoms with E-state index in [1.54, 1.807) is 31.2 Å². The molecule has 0 fully saturated rings. The van der Waals surface area contributed by atoms with Gasteiger partial charge in [0.25, 0.3) is 0 Å². The lowest BCUT2D eigenvalue weighted by molar-refractivity contribution is -0.115. The number of amides is 1. The highest BCUT2D eigenvalue weighted by Crippen LogP contribution is 2.49. The van der Waals surface area contributed by atoms with Crippen LogP contribution in [0.4, 0.5) is 5.13 Å². The molecule has 0 spiro atoms. The molecule has 2 aliphatic heterocycles. The van der Waals surface area contributed by atoms with E-state index in [9.17, 15) is 13.2 Å². The Morgan fingerprint density at radius 3 is 2.58 bits per heavy atom. The average molecular weight is 578 g/mol. The van der Waals surface area contributed by atoms with Gasteiger partial charge in [0.05, 0.1) is 34.8 Å². The number of sulfone groups is 1. The Balaban J connectivity index is 0.00000200. The van der Waals surface area contributed by atoms with Gasteiger partial charge in [0.2, 0.25) is 5.91 Å². The maximum Gasteiger partial charge on any atom is 0.230 e. The average Bonchev–Trinajstić information content (AvgIpc) is 3.50. The summed E-state index contributed by atoms with van der Waals surface area (Å²) in [7, 11) is -3.26. The van der Waals surface area contributed by atoms with E-state index in [4.69, 9.17) is 21.3 Å². The minimum atomic E-state index is -3.26. The monoisotopic (exact) mass is 577 g/mol. The molecule has 2 aromatic carbocycles. The van der Waals surface area contributed by atoms with E-state index in [1.807, 2.05) is 18.2 Å². The molecule has 2 atom stereocenters. The molecule has 1 N–H and O–H groups in total. The highest BCUT2D eigenvalue weighted by atomic mass is 35.5. The first-order valence-electron chi connectivity index (χ1n) is 12.0. The van der Waals surface area contributed by atoms with Crippen LogP contribution in [0.5, 0.6) is 5.75 Å². The minimum absolute atomic E-state index is 0. The summed E-state index contributed by atoms with van der Waals surface area (Å²) in [5, 5.41) is 4.19. The predicted molar refractivity (Wildman–Crippen MR) is 155 cm³/mol. The van der Waals surface area contributed by atoms with Gasteiger partial charge in [-0.25, -0.2) is 13.4 Å². The summed E-state index contributed by atoms with van der Waals surface area (Å²) in [4.78, 5) is 21.4. The van der Waals surface area contributed by atoms with Crippen LogP contribution in [-0.2, 0) is 27.6 Å². The van der Waals surface area contributed by atoms with Crippen molar-refractivity contribution in [2.24, 2.45) is 5.92 Å². The van der Waals surface area contributed by atoms with E-state index < -0.39 is 9.84 Å². The molecule has 3 heterocycles. The van der Waals surface area contributed by atoms with E-state index in [2.05, 4.69) is 24.1 Å². The van der Waals surface area contributed by atoms with Gasteiger partial charge in [-0.05, 0) is 35.7 Å². The van der Waals surface area contributed by atoms with Crippen LogP contribution in [0.15, 0.2) is 47.4 Å². The number of carbonyl (C=O) groups excluding carboxylic acids is 1. The number of ether oxygens (including phenoxy) is 1. The number of anilines is 1. The molecule has 7 nitrogen and oxygen atoms in total. The van der Waals surface area contributed by atoms with Crippen molar-refractivity contribution in [3.8, 4) is 5.75 Å². The zero-order chi connectivity index (χ0) is 25.6. The number of nitrogens with one attached hydrogen (secondary N) is 1. The van der Waals surface area contributed by atoms with Gasteiger partial charge in [-0.3, -0.25) is 9.69 Å². The molecule has 5 rings (SSSR count). The van der Waals surface area contributed by atoms with Crippen molar-refractivity contribution >= 4 is 43.8 Å². The smallest absolute Gasteiger partial charge is 0.230 e. The first-order chi connectivity index (χ1) is 17.2. The first-order valence-corrected chi connectivity index (χ1v) is 14.8. The largest absolute Gasteiger partial charge is 0.491 e. The van der Waals surface area contributed by atoms with Gasteiger partial charge in [-0.15, -0.1) is 11.3 Å². The maximum atomic E-state index is 12.7. The maximum absolute atomic E-state index is 12.7. The Morgan fingerprint density at radius 2 is 1.92 bits per heavy atom. The molecule has 38 heavy (non-hydrogen) atoms. The number of carbonyl (C=O) groups is 1. The van der Waals surface area contributed by atoms with Crippen molar-refractivity contribution in [3.63, 3.8) is 0 Å². The van der Waals surface area contributed by atoms with Crippen LogP contribution in [-0.4, -0.2) is 36.6 Å². The zero-order valence-electron chi connectivity index (χ0n) is 20.3. The molecule has 0 bridgehead atoms. The molecular formula is C28H36ClN3O4S2. The fourth-order valence-electron chi connectivity index (χ4n) is 4.96. The highest BCUT2D eigenvalue weighted by Gasteiger charge is 2.42. The van der Waals surface area contributed by atoms with Crippen LogP contribution in [0.1, 0.15) is 69.4 Å². The van der Waals surface area contributed by atoms with Gasteiger partial charge in [0, 0.05) is 22.0 Å². The lowest BCUT2D eigenvalue weighted by atomic mass is 9.98. The molecule has 2 aliphatic rings. The molecule has 206 valence electrons. The Hall–Kier alpha value is -2.46. The summed E-state index contributed by atoms with van der Waals surface area (Å²) >= 11 is 7.66. The van der Waals surface area contributed by atoms with Crippen molar-refractivity contribution in [1.29, 1.82) is 0 Å². The summed E-state index contributed by atoms with van der Waals surface area (Å²) in [5.74, 6) is 1.03. The number of fused-ring (bicyclic) bond motifs is 2. The standard InChI is InChI=1S/C26H28ClN3O4S2.2CH4/c1-4-36(32,33)18-8-5-16(6-9-18)11-23(31)28-26-29-24-22(35-26)13-30(25(24)15(2)3)20-14-34-21-12-17(27)7-10-19(20)21;;/h5-10,12,15,20,25H,4,11,13-14H2,1-3H3,(H,28,29,31);2*1H4/t20-,25-;;/m0../s1. The second-order valence-corrected chi connectivity index (χ2v) is 13.3. The lowest BCUT2D eigenvalue weighted by Gasteiger charge is -2.32. The van der Waals surface area contributed by atoms with Gasteiger partial charge < -0.3 is 10.1 Å². The molecular weight excluding hydrogens is 542 g/mol. The third-order valence-corrected chi connectivity index (χ3v) is 9.68. The Bertz CT molecular complexity index is 1400. The summed E-state index contributed by atoms with van der Waals surface area (Å²) < 4.78 is 29.9. The van der Waals surface area contributed by atoms with Crippen LogP contribution in [0, 0.1) is 5.92 Å². The zero-order valence-corrected chi connectivity index (χ0v) is 22.7. The number of aromatic nitrogens is 1. The van der Waals surface area contributed by atoms with Crippen molar-refractivity contribution in [2.75, 3.05) is 17.7 Å². The van der Waals surface area contributed by atoms with Gasteiger partial charge in [-0.2, -0.15) is 0 Å². The van der Waals surface area contributed by atoms with Crippen molar-refractivity contribution in [3.05, 3.63) is 69.2 Å². The van der Waals surface area contributed by atoms with Crippen molar-refractivity contribution < 1.29 is 17.9 Å². The molecule has 0 unspecified atom stereocenters. The van der Waals surface area contributed by atoms with Gasteiger partial charge in [0.1, 0.15) is 12.4 Å². The van der Waals surface area contributed by atoms with Gasteiger partial charge in [-0.1, -0.05) is 65.4 Å². The number of hydrogen-bond donors (Lipinski definition) is 1. The minimum Gasteiger partial charge on any atom is -0.491 e. The van der Waals surface area contributed by atoms with Crippen LogP contribution in [0.3, 0.4) is 0 Å². The second-order valence-electron chi connectivity index (χ2n) is 9.47. The molecule has 0 saturated carbocycles. The lowest BCUT2D eigenvalue weighted by Crippen LogP contribution is -2.31. The van der Waals surface area contributed by atoms with Gasteiger partial charge in [0.15, 0.2) is 15.0 Å². The number of halogens is 1. The van der Waals surface area contributed by atoms with E-state index >= 15 is 0 Å². The fourth-order valence-corrected chi connectivity index (χ4v) is 7.03. The van der Waals surface area contributed by atoms with Crippen molar-refractivity contribution in [1.82, 2.24) is 9.88 Å².